The molecule has 3 rings (SSSR count). The lowest BCUT2D eigenvalue weighted by molar-refractivity contribution is -0.123. The highest BCUT2D eigenvalue weighted by Gasteiger charge is 2.38. The summed E-state index contributed by atoms with van der Waals surface area (Å²) in [6.07, 6.45) is 2.26. The zero-order chi connectivity index (χ0) is 13.4. The summed E-state index contributed by atoms with van der Waals surface area (Å²) in [6, 6.07) is 0. The van der Waals surface area contributed by atoms with Gasteiger partial charge in [0.25, 0.3) is 5.91 Å². The van der Waals surface area contributed by atoms with Gasteiger partial charge in [0.1, 0.15) is 9.23 Å². The van der Waals surface area contributed by atoms with Crippen molar-refractivity contribution in [1.29, 1.82) is 0 Å². The highest BCUT2D eigenvalue weighted by Crippen LogP contribution is 2.40. The maximum absolute atomic E-state index is 12.5. The summed E-state index contributed by atoms with van der Waals surface area (Å²) >= 11 is 8.53. The number of rotatable bonds is 2. The minimum absolute atomic E-state index is 0.0572. The molecule has 104 valence electrons. The van der Waals surface area contributed by atoms with Gasteiger partial charge in [-0.1, -0.05) is 24.0 Å². The first kappa shape index (κ1) is 13.7. The van der Waals surface area contributed by atoms with Crippen molar-refractivity contribution in [2.45, 2.75) is 18.9 Å². The summed E-state index contributed by atoms with van der Waals surface area (Å²) in [5.74, 6) is 1.10. The molecule has 0 aromatic heterocycles. The molecule has 1 atom stereocenters. The number of hydrogen-bond acceptors (Lipinski definition) is 6. The average molecular weight is 316 g/mol. The lowest BCUT2D eigenvalue weighted by Crippen LogP contribution is -2.35. The second-order valence-corrected chi connectivity index (χ2v) is 7.55. The first-order chi connectivity index (χ1) is 9.16. The topological polar surface area (TPSA) is 32.8 Å². The Morgan fingerprint density at radius 2 is 2.37 bits per heavy atom. The molecule has 3 fully saturated rings. The van der Waals surface area contributed by atoms with E-state index in [9.17, 15) is 4.79 Å². The summed E-state index contributed by atoms with van der Waals surface area (Å²) in [4.78, 5) is 17.2. The average Bonchev–Trinajstić information content (AvgIpc) is 3.07. The fraction of sp³-hybridized carbons (Fsp3) is 0.667. The molecule has 3 aliphatic heterocycles. The molecule has 1 amide bonds. The van der Waals surface area contributed by atoms with E-state index in [0.29, 0.717) is 10.9 Å². The zero-order valence-electron chi connectivity index (χ0n) is 10.8. The van der Waals surface area contributed by atoms with Gasteiger partial charge in [0, 0.05) is 26.0 Å². The van der Waals surface area contributed by atoms with Crippen LogP contribution in [0, 0.1) is 0 Å². The molecule has 0 saturated carbocycles. The Morgan fingerprint density at radius 1 is 1.53 bits per heavy atom. The molecule has 3 heterocycles. The monoisotopic (exact) mass is 316 g/mol. The van der Waals surface area contributed by atoms with E-state index in [2.05, 4.69) is 4.90 Å². The maximum Gasteiger partial charge on any atom is 0.268 e. The molecule has 1 unspecified atom stereocenters. The molecule has 0 aromatic carbocycles. The van der Waals surface area contributed by atoms with Crippen molar-refractivity contribution in [1.82, 2.24) is 9.80 Å². The lowest BCUT2D eigenvalue weighted by Gasteiger charge is -2.19. The van der Waals surface area contributed by atoms with Gasteiger partial charge in [-0.15, -0.1) is 11.8 Å². The van der Waals surface area contributed by atoms with Crippen molar-refractivity contribution in [2.75, 3.05) is 32.5 Å². The van der Waals surface area contributed by atoms with Crippen LogP contribution >= 0.6 is 35.7 Å². The van der Waals surface area contributed by atoms with Crippen LogP contribution in [-0.2, 0) is 9.53 Å². The van der Waals surface area contributed by atoms with Gasteiger partial charge in [-0.05, 0) is 12.8 Å². The number of carbonyl (C=O) groups is 1. The molecular formula is C12H16N2O2S3. The van der Waals surface area contributed by atoms with E-state index < -0.39 is 0 Å². The highest BCUT2D eigenvalue weighted by molar-refractivity contribution is 8.27. The highest BCUT2D eigenvalue weighted by atomic mass is 32.2. The molecule has 7 heteroatoms. The standard InChI is InChI=1S/C12H16N2O2S3/c1-13-4-6-18-11(13)9-10(15)14(12(17)19-9)7-8-3-2-5-16-8/h8H,2-7H2,1H3. The molecule has 3 saturated heterocycles. The Bertz CT molecular complexity index is 446. The van der Waals surface area contributed by atoms with E-state index in [-0.39, 0.29) is 12.0 Å². The quantitative estimate of drug-likeness (QED) is 0.571. The third-order valence-corrected chi connectivity index (χ3v) is 6.21. The molecule has 0 spiro atoms. The molecule has 0 N–H and O–H groups in total. The smallest absolute Gasteiger partial charge is 0.268 e. The van der Waals surface area contributed by atoms with Crippen LogP contribution in [0.5, 0.6) is 0 Å². The van der Waals surface area contributed by atoms with Gasteiger partial charge in [0.2, 0.25) is 0 Å². The Hall–Kier alpha value is -0.240. The number of nitrogens with zero attached hydrogens (tertiary/aromatic N) is 2. The largest absolute Gasteiger partial charge is 0.376 e. The number of amides is 1. The summed E-state index contributed by atoms with van der Waals surface area (Å²) in [5.41, 5.74) is 0. The van der Waals surface area contributed by atoms with Crippen LogP contribution in [0.3, 0.4) is 0 Å². The van der Waals surface area contributed by atoms with Crippen molar-refractivity contribution in [3.8, 4) is 0 Å². The van der Waals surface area contributed by atoms with Crippen molar-refractivity contribution in [3.05, 3.63) is 9.93 Å². The van der Waals surface area contributed by atoms with Crippen molar-refractivity contribution in [3.63, 3.8) is 0 Å². The first-order valence-electron chi connectivity index (χ1n) is 6.40. The molecular weight excluding hydrogens is 300 g/mol. The van der Waals surface area contributed by atoms with Crippen LogP contribution < -0.4 is 0 Å². The van der Waals surface area contributed by atoms with Gasteiger partial charge in [0.15, 0.2) is 0 Å². The summed E-state index contributed by atoms with van der Waals surface area (Å²) in [5, 5.41) is 1.08. The third kappa shape index (κ3) is 2.66. The van der Waals surface area contributed by atoms with Gasteiger partial charge in [-0.3, -0.25) is 9.69 Å². The number of thiocarbonyl (C=S) groups is 1. The maximum atomic E-state index is 12.5. The molecule has 19 heavy (non-hydrogen) atoms. The van der Waals surface area contributed by atoms with Crippen LogP contribution in [0.25, 0.3) is 0 Å². The number of hydrogen-bond donors (Lipinski definition) is 0. The SMILES string of the molecule is CN1CCSC1=C1SC(=S)N(CC2CCCO2)C1=O. The number of ether oxygens (including phenoxy) is 1. The van der Waals surface area contributed by atoms with Crippen molar-refractivity contribution >= 4 is 46.0 Å². The minimum atomic E-state index is 0.0572. The third-order valence-electron chi connectivity index (χ3n) is 3.47. The molecule has 0 aromatic rings. The van der Waals surface area contributed by atoms with Gasteiger partial charge in [0.05, 0.1) is 17.7 Å². The van der Waals surface area contributed by atoms with Gasteiger partial charge in [-0.2, -0.15) is 0 Å². The van der Waals surface area contributed by atoms with Gasteiger partial charge in [-0.25, -0.2) is 0 Å². The van der Waals surface area contributed by atoms with Crippen molar-refractivity contribution < 1.29 is 9.53 Å². The number of carbonyl (C=O) groups excluding carboxylic acids is 1. The lowest BCUT2D eigenvalue weighted by atomic mass is 10.2. The van der Waals surface area contributed by atoms with Gasteiger partial charge < -0.3 is 9.64 Å². The minimum Gasteiger partial charge on any atom is -0.376 e. The van der Waals surface area contributed by atoms with Crippen molar-refractivity contribution in [2.24, 2.45) is 0 Å². The molecule has 0 aliphatic carbocycles. The molecule has 4 nitrogen and oxygen atoms in total. The summed E-state index contributed by atoms with van der Waals surface area (Å²) < 4.78 is 6.27. The Labute approximate surface area is 126 Å². The fourth-order valence-electron chi connectivity index (χ4n) is 2.41. The van der Waals surface area contributed by atoms with Crippen LogP contribution in [0.2, 0.25) is 0 Å². The molecule has 0 bridgehead atoms. The Morgan fingerprint density at radius 3 is 3.00 bits per heavy atom. The zero-order valence-corrected chi connectivity index (χ0v) is 13.2. The normalized spacial score (nSPS) is 31.9. The van der Waals surface area contributed by atoms with E-state index in [0.717, 1.165) is 41.7 Å². The predicted molar refractivity (Wildman–Crippen MR) is 83.0 cm³/mol. The second kappa shape index (κ2) is 5.63. The predicted octanol–water partition coefficient (Wildman–Crippen LogP) is 1.87. The Balaban J connectivity index is 1.77. The molecule has 3 aliphatic rings. The van der Waals surface area contributed by atoms with Crippen LogP contribution in [-0.4, -0.2) is 58.6 Å². The second-order valence-electron chi connectivity index (χ2n) is 4.82. The van der Waals surface area contributed by atoms with E-state index in [1.54, 1.807) is 16.7 Å². The molecule has 0 radical (unpaired) electrons. The van der Waals surface area contributed by atoms with Crippen LogP contribution in [0.1, 0.15) is 12.8 Å². The summed E-state index contributed by atoms with van der Waals surface area (Å²) in [7, 11) is 2.03. The van der Waals surface area contributed by atoms with E-state index in [1.165, 1.54) is 11.8 Å². The fourth-order valence-corrected chi connectivity index (χ4v) is 5.09. The van der Waals surface area contributed by atoms with E-state index in [4.69, 9.17) is 17.0 Å². The van der Waals surface area contributed by atoms with Crippen LogP contribution in [0.15, 0.2) is 9.93 Å². The summed E-state index contributed by atoms with van der Waals surface area (Å²) in [6.45, 7) is 2.41. The van der Waals surface area contributed by atoms with E-state index >= 15 is 0 Å². The Kier molecular flexibility index (Phi) is 4.07. The van der Waals surface area contributed by atoms with Crippen LogP contribution in [0.4, 0.5) is 0 Å². The van der Waals surface area contributed by atoms with Gasteiger partial charge >= 0.3 is 0 Å². The number of thioether (sulfide) groups is 2. The van der Waals surface area contributed by atoms with E-state index in [1.807, 2.05) is 7.05 Å². The first-order valence-corrected chi connectivity index (χ1v) is 8.61.